The second kappa shape index (κ2) is 8.29. The highest BCUT2D eigenvalue weighted by Gasteiger charge is 2.23. The van der Waals surface area contributed by atoms with Gasteiger partial charge in [0.15, 0.2) is 0 Å². The van der Waals surface area contributed by atoms with Gasteiger partial charge < -0.3 is 10.2 Å². The Bertz CT molecular complexity index is 717. The first-order valence-corrected chi connectivity index (χ1v) is 9.82. The Hall–Kier alpha value is -1.44. The zero-order valence-corrected chi connectivity index (χ0v) is 17.4. The molecule has 1 N–H and O–H groups in total. The number of benzene rings is 1. The van der Waals surface area contributed by atoms with Crippen LogP contribution in [-0.4, -0.2) is 64.3 Å². The summed E-state index contributed by atoms with van der Waals surface area (Å²) in [6, 6.07) is 3.41. The van der Waals surface area contributed by atoms with Crippen molar-refractivity contribution in [2.24, 2.45) is 5.92 Å². The van der Waals surface area contributed by atoms with Crippen LogP contribution >= 0.6 is 0 Å². The number of hydrogen-bond donors (Lipinski definition) is 1. The van der Waals surface area contributed by atoms with E-state index in [0.29, 0.717) is 23.6 Å². The maximum absolute atomic E-state index is 12.6. The molecule has 1 aromatic rings. The molecule has 0 aromatic heterocycles. The van der Waals surface area contributed by atoms with Gasteiger partial charge in [0.25, 0.3) is 5.91 Å². The third-order valence-corrected chi connectivity index (χ3v) is 6.49. The minimum absolute atomic E-state index is 0.177. The molecule has 7 heteroatoms. The molecule has 0 radical (unpaired) electrons. The molecular weight excluding hydrogens is 338 g/mol. The fourth-order valence-electron chi connectivity index (χ4n) is 2.74. The van der Waals surface area contributed by atoms with E-state index >= 15 is 0 Å². The van der Waals surface area contributed by atoms with Crippen LogP contribution in [0.1, 0.15) is 35.3 Å². The van der Waals surface area contributed by atoms with E-state index in [1.165, 1.54) is 20.2 Å². The van der Waals surface area contributed by atoms with E-state index in [1.807, 2.05) is 21.0 Å². The highest BCUT2D eigenvalue weighted by Crippen LogP contribution is 2.23. The summed E-state index contributed by atoms with van der Waals surface area (Å²) in [6.07, 6.45) is 0. The van der Waals surface area contributed by atoms with Gasteiger partial charge in [-0.25, -0.2) is 12.7 Å². The van der Waals surface area contributed by atoms with E-state index in [9.17, 15) is 13.2 Å². The minimum Gasteiger partial charge on any atom is -0.350 e. The van der Waals surface area contributed by atoms with Crippen molar-refractivity contribution in [2.75, 3.05) is 34.7 Å². The van der Waals surface area contributed by atoms with Gasteiger partial charge in [-0.05, 0) is 57.1 Å². The molecule has 1 atom stereocenters. The Morgan fingerprint density at radius 2 is 1.68 bits per heavy atom. The molecule has 0 saturated heterocycles. The van der Waals surface area contributed by atoms with Crippen LogP contribution in [0.4, 0.5) is 0 Å². The van der Waals surface area contributed by atoms with Crippen LogP contribution in [0.25, 0.3) is 0 Å². The highest BCUT2D eigenvalue weighted by molar-refractivity contribution is 7.89. The second-order valence-corrected chi connectivity index (χ2v) is 9.31. The summed E-state index contributed by atoms with van der Waals surface area (Å²) in [7, 11) is 3.34. The number of rotatable bonds is 7. The molecule has 0 saturated carbocycles. The maximum atomic E-state index is 12.6. The van der Waals surface area contributed by atoms with Gasteiger partial charge in [-0.2, -0.15) is 0 Å². The van der Waals surface area contributed by atoms with Crippen molar-refractivity contribution in [2.45, 2.75) is 38.6 Å². The fraction of sp³-hybridized carbons (Fsp3) is 0.611. The number of carbonyl (C=O) groups excluding carboxylic acids is 1. The Labute approximate surface area is 152 Å². The Morgan fingerprint density at radius 1 is 1.12 bits per heavy atom. The lowest BCUT2D eigenvalue weighted by atomic mass is 10.0. The van der Waals surface area contributed by atoms with Crippen molar-refractivity contribution >= 4 is 15.9 Å². The fourth-order valence-corrected chi connectivity index (χ4v) is 3.95. The summed E-state index contributed by atoms with van der Waals surface area (Å²) in [5.41, 5.74) is 1.81. The molecule has 0 bridgehead atoms. The number of hydrogen-bond acceptors (Lipinski definition) is 4. The van der Waals surface area contributed by atoms with Gasteiger partial charge in [0.1, 0.15) is 0 Å². The van der Waals surface area contributed by atoms with Crippen molar-refractivity contribution in [3.8, 4) is 0 Å². The molecule has 0 aliphatic heterocycles. The number of aryl methyl sites for hydroxylation is 1. The molecule has 0 heterocycles. The molecule has 142 valence electrons. The Morgan fingerprint density at radius 3 is 2.12 bits per heavy atom. The van der Waals surface area contributed by atoms with Gasteiger partial charge in [0.05, 0.1) is 4.90 Å². The van der Waals surface area contributed by atoms with E-state index in [-0.39, 0.29) is 16.8 Å². The maximum Gasteiger partial charge on any atom is 0.251 e. The van der Waals surface area contributed by atoms with Gasteiger partial charge >= 0.3 is 0 Å². The minimum atomic E-state index is -3.60. The van der Waals surface area contributed by atoms with Crippen LogP contribution in [0.15, 0.2) is 17.0 Å². The van der Waals surface area contributed by atoms with Gasteiger partial charge in [0.2, 0.25) is 10.0 Å². The first kappa shape index (κ1) is 21.6. The third kappa shape index (κ3) is 5.03. The molecule has 1 rings (SSSR count). The zero-order chi connectivity index (χ0) is 19.5. The quantitative estimate of drug-likeness (QED) is 0.797. The number of carbonyl (C=O) groups is 1. The Balaban J connectivity index is 3.14. The summed E-state index contributed by atoms with van der Waals surface area (Å²) in [5.74, 6) is 0.130. The second-order valence-electron chi connectivity index (χ2n) is 7.19. The summed E-state index contributed by atoms with van der Waals surface area (Å²) >= 11 is 0. The number of amides is 1. The molecule has 1 amide bonds. The molecule has 0 fully saturated rings. The lowest BCUT2D eigenvalue weighted by molar-refractivity contribution is 0.0934. The van der Waals surface area contributed by atoms with Gasteiger partial charge in [-0.1, -0.05) is 13.8 Å². The van der Waals surface area contributed by atoms with Crippen LogP contribution in [0.5, 0.6) is 0 Å². The van der Waals surface area contributed by atoms with Crippen molar-refractivity contribution in [3.05, 3.63) is 28.8 Å². The van der Waals surface area contributed by atoms with E-state index < -0.39 is 10.0 Å². The molecule has 25 heavy (non-hydrogen) atoms. The van der Waals surface area contributed by atoms with Crippen LogP contribution in [0, 0.1) is 19.8 Å². The smallest absolute Gasteiger partial charge is 0.251 e. The number of nitrogens with zero attached hydrogens (tertiary/aromatic N) is 2. The van der Waals surface area contributed by atoms with Gasteiger partial charge in [-0.15, -0.1) is 0 Å². The molecule has 0 spiro atoms. The standard InChI is InChI=1S/C18H31N3O3S/c1-12(2)16(20(5)6)11-19-18(22)15-9-13(3)14(4)17(10-15)25(23,24)21(7)8/h9-10,12,16H,11H2,1-8H3,(H,19,22)/t16-/m0/s1. The average Bonchev–Trinajstić information content (AvgIpc) is 2.48. The van der Waals surface area contributed by atoms with Crippen molar-refractivity contribution in [1.82, 2.24) is 14.5 Å². The highest BCUT2D eigenvalue weighted by atomic mass is 32.2. The average molecular weight is 370 g/mol. The predicted molar refractivity (Wildman–Crippen MR) is 101 cm³/mol. The lowest BCUT2D eigenvalue weighted by Crippen LogP contribution is -2.43. The summed E-state index contributed by atoms with van der Waals surface area (Å²) in [4.78, 5) is 14.8. The molecule has 6 nitrogen and oxygen atoms in total. The van der Waals surface area contributed by atoms with Crippen molar-refractivity contribution in [3.63, 3.8) is 0 Å². The number of nitrogens with one attached hydrogen (secondary N) is 1. The van der Waals surface area contributed by atoms with Crippen LogP contribution in [-0.2, 0) is 10.0 Å². The van der Waals surface area contributed by atoms with E-state index in [0.717, 1.165) is 9.87 Å². The van der Waals surface area contributed by atoms with Crippen LogP contribution in [0.2, 0.25) is 0 Å². The van der Waals surface area contributed by atoms with Crippen LogP contribution in [0.3, 0.4) is 0 Å². The summed E-state index contributed by atoms with van der Waals surface area (Å²) in [5, 5.41) is 2.93. The van der Waals surface area contributed by atoms with Crippen LogP contribution < -0.4 is 5.32 Å². The lowest BCUT2D eigenvalue weighted by Gasteiger charge is -2.28. The zero-order valence-electron chi connectivity index (χ0n) is 16.5. The summed E-state index contributed by atoms with van der Waals surface area (Å²) in [6.45, 7) is 8.29. The largest absolute Gasteiger partial charge is 0.350 e. The van der Waals surface area contributed by atoms with Gasteiger partial charge in [0, 0.05) is 32.2 Å². The van der Waals surface area contributed by atoms with Crippen molar-refractivity contribution in [1.29, 1.82) is 0 Å². The first-order chi connectivity index (χ1) is 11.4. The molecule has 0 aliphatic carbocycles. The molecule has 0 unspecified atom stereocenters. The first-order valence-electron chi connectivity index (χ1n) is 8.38. The normalized spacial score (nSPS) is 13.6. The molecule has 1 aromatic carbocycles. The molecular formula is C18H31N3O3S. The topological polar surface area (TPSA) is 69.7 Å². The third-order valence-electron chi connectivity index (χ3n) is 4.55. The summed E-state index contributed by atoms with van der Waals surface area (Å²) < 4.78 is 26.2. The number of sulfonamides is 1. The van der Waals surface area contributed by atoms with E-state index in [4.69, 9.17) is 0 Å². The predicted octanol–water partition coefficient (Wildman–Crippen LogP) is 1.87. The number of likely N-dealkylation sites (N-methyl/N-ethyl adjacent to an activating group) is 1. The Kier molecular flexibility index (Phi) is 7.17. The molecule has 0 aliphatic rings. The van der Waals surface area contributed by atoms with Crippen molar-refractivity contribution < 1.29 is 13.2 Å². The van der Waals surface area contributed by atoms with Gasteiger partial charge in [-0.3, -0.25) is 4.79 Å². The SMILES string of the molecule is Cc1cc(C(=O)NC[C@@H](C(C)C)N(C)C)cc(S(=O)(=O)N(C)C)c1C. The van der Waals surface area contributed by atoms with E-state index in [2.05, 4.69) is 24.1 Å². The van der Waals surface area contributed by atoms with E-state index in [1.54, 1.807) is 13.0 Å². The monoisotopic (exact) mass is 369 g/mol.